The normalized spacial score (nSPS) is 23.1. The van der Waals surface area contributed by atoms with Gasteiger partial charge in [0.25, 0.3) is 0 Å². The van der Waals surface area contributed by atoms with Gasteiger partial charge in [-0.05, 0) is 19.9 Å². The summed E-state index contributed by atoms with van der Waals surface area (Å²) < 4.78 is 0. The van der Waals surface area contributed by atoms with E-state index in [4.69, 9.17) is 4.84 Å². The van der Waals surface area contributed by atoms with Gasteiger partial charge in [0, 0.05) is 12.3 Å². The highest BCUT2D eigenvalue weighted by Crippen LogP contribution is 2.13. The van der Waals surface area contributed by atoms with Crippen molar-refractivity contribution in [3.63, 3.8) is 0 Å². The maximum atomic E-state index is 10.3. The molecule has 0 fully saturated rings. The average molecular weight is 192 g/mol. The molecule has 0 bridgehead atoms. The maximum Gasteiger partial charge on any atom is 0.199 e. The van der Waals surface area contributed by atoms with Gasteiger partial charge in [-0.15, -0.1) is 0 Å². The molecule has 1 aliphatic rings. The number of rotatable bonds is 4. The topological polar surface area (TPSA) is 38.7 Å². The lowest BCUT2D eigenvalue weighted by Gasteiger charge is -2.12. The minimum atomic E-state index is 0.0104. The zero-order valence-corrected chi connectivity index (χ0v) is 8.43. The van der Waals surface area contributed by atoms with Gasteiger partial charge in [0.2, 0.25) is 0 Å². The number of allylic oxidation sites excluding steroid dienone is 4. The average Bonchev–Trinajstić information content (AvgIpc) is 2.17. The Labute approximate surface area is 84.1 Å². The molecule has 14 heavy (non-hydrogen) atoms. The van der Waals surface area contributed by atoms with Crippen LogP contribution in [-0.4, -0.2) is 18.1 Å². The fraction of sp³-hybridized carbons (Fsp3) is 0.455. The van der Waals surface area contributed by atoms with Crippen LogP contribution in [0, 0.1) is 5.92 Å². The van der Waals surface area contributed by atoms with Crippen molar-refractivity contribution in [2.75, 3.05) is 0 Å². The van der Waals surface area contributed by atoms with E-state index in [9.17, 15) is 4.79 Å². The molecule has 0 aliphatic heterocycles. The number of hydrogen-bond acceptors (Lipinski definition) is 3. The first-order valence-corrected chi connectivity index (χ1v) is 4.67. The zero-order valence-electron chi connectivity index (χ0n) is 8.43. The Morgan fingerprint density at radius 1 is 1.57 bits per heavy atom. The fourth-order valence-electron chi connectivity index (χ4n) is 1.10. The SMILES string of the molecule is CC(C)O/N=C1/C=CC=CC1C[C]=O. The summed E-state index contributed by atoms with van der Waals surface area (Å²) in [7, 11) is 0. The van der Waals surface area contributed by atoms with Crippen molar-refractivity contribution in [3.8, 4) is 0 Å². The molecule has 0 aromatic rings. The van der Waals surface area contributed by atoms with Crippen LogP contribution < -0.4 is 0 Å². The molecule has 0 heterocycles. The Bertz CT molecular complexity index is 277. The third-order valence-corrected chi connectivity index (χ3v) is 1.77. The molecule has 0 amide bonds. The predicted octanol–water partition coefficient (Wildman–Crippen LogP) is 2.01. The summed E-state index contributed by atoms with van der Waals surface area (Å²) >= 11 is 0. The van der Waals surface area contributed by atoms with Crippen molar-refractivity contribution in [1.82, 2.24) is 0 Å². The van der Waals surface area contributed by atoms with Gasteiger partial charge >= 0.3 is 0 Å². The predicted molar refractivity (Wildman–Crippen MR) is 55.7 cm³/mol. The molecule has 3 heteroatoms. The second kappa shape index (κ2) is 5.37. The van der Waals surface area contributed by atoms with Gasteiger partial charge in [-0.25, -0.2) is 0 Å². The molecule has 0 spiro atoms. The van der Waals surface area contributed by atoms with E-state index in [0.717, 1.165) is 5.71 Å². The highest BCUT2D eigenvalue weighted by atomic mass is 16.6. The lowest BCUT2D eigenvalue weighted by molar-refractivity contribution is 0.0853. The highest BCUT2D eigenvalue weighted by Gasteiger charge is 2.13. The van der Waals surface area contributed by atoms with Gasteiger partial charge in [-0.2, -0.15) is 0 Å². The van der Waals surface area contributed by atoms with Crippen molar-refractivity contribution in [2.24, 2.45) is 11.1 Å². The van der Waals surface area contributed by atoms with Crippen LogP contribution in [0.1, 0.15) is 20.3 Å². The van der Waals surface area contributed by atoms with Crippen molar-refractivity contribution in [1.29, 1.82) is 0 Å². The van der Waals surface area contributed by atoms with Gasteiger partial charge in [-0.3, -0.25) is 4.79 Å². The Morgan fingerprint density at radius 3 is 3.00 bits per heavy atom. The van der Waals surface area contributed by atoms with E-state index in [-0.39, 0.29) is 12.0 Å². The quantitative estimate of drug-likeness (QED) is 0.639. The van der Waals surface area contributed by atoms with Gasteiger partial charge in [0.05, 0.1) is 5.71 Å². The van der Waals surface area contributed by atoms with Crippen LogP contribution in [0.15, 0.2) is 29.5 Å². The standard InChI is InChI=1S/C11H14NO2/c1-9(2)14-12-11-6-4-3-5-10(11)7-8-13/h3-6,9-10H,7H2,1-2H3/b12-11-. The monoisotopic (exact) mass is 192 g/mol. The molecule has 0 saturated heterocycles. The van der Waals surface area contributed by atoms with Crippen LogP contribution in [0.2, 0.25) is 0 Å². The Hall–Kier alpha value is -1.38. The van der Waals surface area contributed by atoms with E-state index in [1.54, 1.807) is 0 Å². The molecule has 0 N–H and O–H groups in total. The summed E-state index contributed by atoms with van der Waals surface area (Å²) in [5.41, 5.74) is 0.782. The van der Waals surface area contributed by atoms with Gasteiger partial charge in [-0.1, -0.05) is 23.4 Å². The van der Waals surface area contributed by atoms with Crippen LogP contribution >= 0.6 is 0 Å². The number of hydrogen-bond donors (Lipinski definition) is 0. The van der Waals surface area contributed by atoms with E-state index in [2.05, 4.69) is 5.16 Å². The Kier molecular flexibility index (Phi) is 4.11. The first-order valence-electron chi connectivity index (χ1n) is 4.67. The van der Waals surface area contributed by atoms with Crippen LogP contribution in [0.25, 0.3) is 0 Å². The van der Waals surface area contributed by atoms with E-state index in [1.165, 1.54) is 0 Å². The van der Waals surface area contributed by atoms with E-state index in [1.807, 2.05) is 44.4 Å². The van der Waals surface area contributed by atoms with Crippen LogP contribution in [0.4, 0.5) is 0 Å². The zero-order chi connectivity index (χ0) is 10.4. The molecule has 0 aromatic carbocycles. The summed E-state index contributed by atoms with van der Waals surface area (Å²) in [6.45, 7) is 3.82. The minimum Gasteiger partial charge on any atom is -0.393 e. The molecule has 3 nitrogen and oxygen atoms in total. The first kappa shape index (κ1) is 10.7. The van der Waals surface area contributed by atoms with E-state index >= 15 is 0 Å². The smallest absolute Gasteiger partial charge is 0.199 e. The van der Waals surface area contributed by atoms with Crippen LogP contribution in [0.3, 0.4) is 0 Å². The van der Waals surface area contributed by atoms with Crippen molar-refractivity contribution >= 4 is 12.0 Å². The second-order valence-electron chi connectivity index (χ2n) is 3.37. The number of nitrogens with zero attached hydrogens (tertiary/aromatic N) is 1. The van der Waals surface area contributed by atoms with Crippen molar-refractivity contribution in [2.45, 2.75) is 26.4 Å². The number of carbonyl (C=O) groups excluding carboxylic acids is 1. The van der Waals surface area contributed by atoms with Crippen molar-refractivity contribution in [3.05, 3.63) is 24.3 Å². The third kappa shape index (κ3) is 3.17. The van der Waals surface area contributed by atoms with E-state index < -0.39 is 0 Å². The maximum absolute atomic E-state index is 10.3. The fourth-order valence-corrected chi connectivity index (χ4v) is 1.10. The molecule has 0 aromatic heterocycles. The molecule has 75 valence electrons. The summed E-state index contributed by atoms with van der Waals surface area (Å²) in [6.07, 6.45) is 9.83. The second-order valence-corrected chi connectivity index (χ2v) is 3.37. The molecule has 1 atom stereocenters. The van der Waals surface area contributed by atoms with Crippen molar-refractivity contribution < 1.29 is 9.63 Å². The Morgan fingerprint density at radius 2 is 2.36 bits per heavy atom. The van der Waals surface area contributed by atoms with Crippen LogP contribution in [0.5, 0.6) is 0 Å². The van der Waals surface area contributed by atoms with E-state index in [0.29, 0.717) is 6.42 Å². The van der Waals surface area contributed by atoms with Gasteiger partial charge in [0.1, 0.15) is 6.10 Å². The van der Waals surface area contributed by atoms with Crippen LogP contribution in [-0.2, 0) is 9.63 Å². The van der Waals surface area contributed by atoms with Gasteiger partial charge < -0.3 is 4.84 Å². The highest BCUT2D eigenvalue weighted by molar-refractivity contribution is 5.99. The summed E-state index contributed by atoms with van der Waals surface area (Å²) in [5, 5.41) is 3.98. The molecule has 0 saturated carbocycles. The third-order valence-electron chi connectivity index (χ3n) is 1.77. The largest absolute Gasteiger partial charge is 0.393 e. The molecule has 1 rings (SSSR count). The summed E-state index contributed by atoms with van der Waals surface area (Å²) in [6, 6.07) is 0. The molecule has 1 aliphatic carbocycles. The summed E-state index contributed by atoms with van der Waals surface area (Å²) in [5.74, 6) is 0.0104. The lowest BCUT2D eigenvalue weighted by Crippen LogP contribution is -2.14. The molecular weight excluding hydrogens is 178 g/mol. The molecule has 1 unspecified atom stereocenters. The molecular formula is C11H14NO2. The summed E-state index contributed by atoms with van der Waals surface area (Å²) in [4.78, 5) is 15.4. The number of oxime groups is 1. The molecule has 1 radical (unpaired) electrons. The Balaban J connectivity index is 2.64. The minimum absolute atomic E-state index is 0.0104. The lowest BCUT2D eigenvalue weighted by atomic mass is 9.96. The van der Waals surface area contributed by atoms with Gasteiger partial charge in [0.15, 0.2) is 6.29 Å². The first-order chi connectivity index (χ1) is 6.74.